The predicted octanol–water partition coefficient (Wildman–Crippen LogP) is 2.59. The minimum atomic E-state index is -0.989. The number of nitrogens with one attached hydrogen (secondary N) is 1. The van der Waals surface area contributed by atoms with E-state index in [0.717, 1.165) is 66.7 Å². The first-order valence-electron chi connectivity index (χ1n) is 9.49. The molecule has 2 aliphatic rings. The zero-order valence-corrected chi connectivity index (χ0v) is 17.7. The topological polar surface area (TPSA) is 99.9 Å². The Labute approximate surface area is 170 Å². The molecule has 0 radical (unpaired) electrons. The van der Waals surface area contributed by atoms with Crippen LogP contribution in [0.25, 0.3) is 11.2 Å². The second-order valence-electron chi connectivity index (χ2n) is 6.88. The zero-order chi connectivity index (χ0) is 18.9. The summed E-state index contributed by atoms with van der Waals surface area (Å²) in [6.45, 7) is 2.97. The van der Waals surface area contributed by atoms with E-state index in [1.165, 1.54) is 8.86 Å². The molecule has 0 bridgehead atoms. The van der Waals surface area contributed by atoms with E-state index >= 15 is 0 Å². The van der Waals surface area contributed by atoms with Crippen LogP contribution in [0.3, 0.4) is 0 Å². The van der Waals surface area contributed by atoms with Crippen LogP contribution in [0.15, 0.2) is 34.8 Å². The van der Waals surface area contributed by atoms with Crippen molar-refractivity contribution in [2.45, 2.75) is 12.8 Å². The average molecular weight is 490 g/mol. The molecule has 0 saturated carbocycles. The van der Waals surface area contributed by atoms with Gasteiger partial charge in [-0.05, 0) is 0 Å². The van der Waals surface area contributed by atoms with Crippen molar-refractivity contribution in [3.8, 4) is 0 Å². The van der Waals surface area contributed by atoms with Gasteiger partial charge in [0.2, 0.25) is 0 Å². The van der Waals surface area contributed by atoms with Crippen molar-refractivity contribution in [2.24, 2.45) is 5.73 Å². The fraction of sp³-hybridized carbons (Fsp3) is 0.368. The Bertz CT molecular complexity index is 1010. The van der Waals surface area contributed by atoms with Gasteiger partial charge in [0, 0.05) is 6.20 Å². The van der Waals surface area contributed by atoms with Crippen molar-refractivity contribution in [2.75, 3.05) is 38.3 Å². The standard InChI is InChI=1S/C19H23IN8/c21-8-5-20-6-11-27(12-7-20)16-13-23-17-18(24-16)25-26-19(17)28-10-2-3-14-15(28)4-1-9-22-14/h1,4-5,8-9,13H,2-3,6-7,10-12,21H2,(H,24,25,26)/b8-5+. The fourth-order valence-electron chi connectivity index (χ4n) is 3.82. The Hall–Kier alpha value is -2.43. The number of nitrogens with two attached hydrogens (primary N) is 1. The van der Waals surface area contributed by atoms with Crippen LogP contribution >= 0.6 is 19.8 Å². The summed E-state index contributed by atoms with van der Waals surface area (Å²) in [5, 5.41) is 7.65. The van der Waals surface area contributed by atoms with Gasteiger partial charge in [-0.2, -0.15) is 0 Å². The number of pyridine rings is 1. The van der Waals surface area contributed by atoms with E-state index in [4.69, 9.17) is 15.7 Å². The van der Waals surface area contributed by atoms with Gasteiger partial charge < -0.3 is 0 Å². The van der Waals surface area contributed by atoms with Gasteiger partial charge in [0.1, 0.15) is 0 Å². The van der Waals surface area contributed by atoms with Crippen molar-refractivity contribution in [1.82, 2.24) is 25.1 Å². The van der Waals surface area contributed by atoms with Gasteiger partial charge in [0.25, 0.3) is 0 Å². The summed E-state index contributed by atoms with van der Waals surface area (Å²) in [6.07, 6.45) is 7.53. The van der Waals surface area contributed by atoms with Crippen molar-refractivity contribution < 1.29 is 0 Å². The number of aromatic nitrogens is 5. The molecule has 1 fully saturated rings. The van der Waals surface area contributed by atoms with Crippen molar-refractivity contribution in [3.05, 3.63) is 40.5 Å². The van der Waals surface area contributed by atoms with E-state index in [9.17, 15) is 0 Å². The second kappa shape index (κ2) is 7.53. The number of anilines is 3. The summed E-state index contributed by atoms with van der Waals surface area (Å²) in [6, 6.07) is 4.08. The quantitative estimate of drug-likeness (QED) is 0.430. The monoisotopic (exact) mass is 490 g/mol. The third-order valence-electron chi connectivity index (χ3n) is 5.22. The first kappa shape index (κ1) is 17.7. The maximum atomic E-state index is 5.56. The van der Waals surface area contributed by atoms with Crippen molar-refractivity contribution >= 4 is 48.3 Å². The molecular formula is C19H23IN8. The molecule has 0 amide bonds. The molecule has 0 aliphatic carbocycles. The van der Waals surface area contributed by atoms with Crippen LogP contribution in [0.5, 0.6) is 0 Å². The normalized spacial score (nSPS) is 18.8. The first-order chi connectivity index (χ1) is 13.8. The molecule has 0 atom stereocenters. The SMILES string of the molecule is N/C=C/I1CCN(c2cnc3c(N4CCCc5ncccc54)n[nH]c3n2)CC1. The Morgan fingerprint density at radius 2 is 2.07 bits per heavy atom. The van der Waals surface area contributed by atoms with Crippen LogP contribution in [-0.4, -0.2) is 53.6 Å². The summed E-state index contributed by atoms with van der Waals surface area (Å²) in [5.41, 5.74) is 9.36. The molecule has 0 aromatic carbocycles. The van der Waals surface area contributed by atoms with E-state index in [-0.39, 0.29) is 0 Å². The third-order valence-corrected chi connectivity index (χ3v) is 10.4. The van der Waals surface area contributed by atoms with Crippen molar-refractivity contribution in [1.29, 1.82) is 0 Å². The van der Waals surface area contributed by atoms with E-state index in [1.807, 2.05) is 18.5 Å². The molecule has 5 rings (SSSR count). The zero-order valence-electron chi connectivity index (χ0n) is 15.6. The van der Waals surface area contributed by atoms with Gasteiger partial charge in [-0.1, -0.05) is 0 Å². The van der Waals surface area contributed by atoms with E-state index in [1.54, 1.807) is 6.20 Å². The van der Waals surface area contributed by atoms with Crippen LogP contribution in [0.4, 0.5) is 17.3 Å². The molecule has 0 spiro atoms. The molecule has 8 nitrogen and oxygen atoms in total. The van der Waals surface area contributed by atoms with Gasteiger partial charge in [-0.15, -0.1) is 0 Å². The average Bonchev–Trinajstić information content (AvgIpc) is 3.17. The van der Waals surface area contributed by atoms with Gasteiger partial charge in [-0.3, -0.25) is 0 Å². The Morgan fingerprint density at radius 3 is 2.93 bits per heavy atom. The first-order valence-corrected chi connectivity index (χ1v) is 13.8. The number of nitrogens with zero attached hydrogens (tertiary/aromatic N) is 6. The molecular weight excluding hydrogens is 467 g/mol. The van der Waals surface area contributed by atoms with Gasteiger partial charge in [-0.25, -0.2) is 0 Å². The van der Waals surface area contributed by atoms with E-state index in [2.05, 4.69) is 35.1 Å². The number of aromatic amines is 1. The van der Waals surface area contributed by atoms with E-state index < -0.39 is 19.8 Å². The summed E-state index contributed by atoms with van der Waals surface area (Å²) >= 11 is -0.989. The number of aryl methyl sites for hydroxylation is 1. The molecule has 9 heteroatoms. The van der Waals surface area contributed by atoms with Gasteiger partial charge in [0.15, 0.2) is 0 Å². The summed E-state index contributed by atoms with van der Waals surface area (Å²) in [5.74, 6) is 1.76. The Morgan fingerprint density at radius 1 is 1.18 bits per heavy atom. The molecule has 1 saturated heterocycles. The fourth-order valence-corrected chi connectivity index (χ4v) is 8.07. The number of hydrogen-bond donors (Lipinski definition) is 2. The van der Waals surface area contributed by atoms with Gasteiger partial charge in [0.05, 0.1) is 0 Å². The number of rotatable bonds is 3. The van der Waals surface area contributed by atoms with Crippen LogP contribution in [0.2, 0.25) is 0 Å². The molecule has 5 heterocycles. The number of halogens is 1. The molecule has 2 aliphatic heterocycles. The van der Waals surface area contributed by atoms with Crippen molar-refractivity contribution in [3.63, 3.8) is 0 Å². The predicted molar refractivity (Wildman–Crippen MR) is 121 cm³/mol. The number of hydrogen-bond acceptors (Lipinski definition) is 7. The number of H-pyrrole nitrogens is 1. The summed E-state index contributed by atoms with van der Waals surface area (Å²) < 4.78 is 4.73. The minimum absolute atomic E-state index is 0.742. The molecule has 3 N–H and O–H groups in total. The Kier molecular flexibility index (Phi) is 4.75. The maximum absolute atomic E-state index is 5.56. The molecule has 3 aromatic heterocycles. The summed E-state index contributed by atoms with van der Waals surface area (Å²) in [4.78, 5) is 18.6. The summed E-state index contributed by atoms with van der Waals surface area (Å²) in [7, 11) is 0. The van der Waals surface area contributed by atoms with Gasteiger partial charge >= 0.3 is 165 Å². The Balaban J connectivity index is 1.42. The molecule has 3 aromatic rings. The molecule has 146 valence electrons. The van der Waals surface area contributed by atoms with E-state index in [0.29, 0.717) is 0 Å². The molecule has 28 heavy (non-hydrogen) atoms. The second-order valence-corrected chi connectivity index (χ2v) is 12.6. The van der Waals surface area contributed by atoms with Crippen LogP contribution < -0.4 is 15.5 Å². The van der Waals surface area contributed by atoms with Crippen LogP contribution in [0, 0.1) is 0 Å². The third kappa shape index (κ3) is 3.17. The number of alkyl halides is 2. The van der Waals surface area contributed by atoms with Crippen LogP contribution in [-0.2, 0) is 6.42 Å². The van der Waals surface area contributed by atoms with Crippen LogP contribution in [0.1, 0.15) is 12.1 Å². The number of fused-ring (bicyclic) bond motifs is 2. The molecule has 0 unspecified atom stereocenters.